The summed E-state index contributed by atoms with van der Waals surface area (Å²) in [6.45, 7) is 3.04. The number of amides is 1. The van der Waals surface area contributed by atoms with Crippen LogP contribution in [0.2, 0.25) is 5.02 Å². The van der Waals surface area contributed by atoms with Crippen molar-refractivity contribution in [2.24, 2.45) is 0 Å². The van der Waals surface area contributed by atoms with Crippen molar-refractivity contribution in [2.45, 2.75) is 26.6 Å². The number of halogens is 1. The van der Waals surface area contributed by atoms with E-state index >= 15 is 0 Å². The van der Waals surface area contributed by atoms with Crippen LogP contribution in [-0.4, -0.2) is 46.5 Å². The molecule has 2 aromatic heterocycles. The number of carbonyl (C=O) groups excluding carboxylic acids is 1. The van der Waals surface area contributed by atoms with Gasteiger partial charge in [-0.3, -0.25) is 9.48 Å². The van der Waals surface area contributed by atoms with Crippen LogP contribution < -0.4 is 14.4 Å². The molecule has 0 spiro atoms. The average Bonchev–Trinajstić information content (AvgIpc) is 3.46. The van der Waals surface area contributed by atoms with E-state index < -0.39 is 0 Å². The van der Waals surface area contributed by atoms with Gasteiger partial charge in [0.05, 0.1) is 11.2 Å². The van der Waals surface area contributed by atoms with E-state index in [1.807, 2.05) is 79.5 Å². The second-order valence-corrected chi connectivity index (χ2v) is 9.23. The summed E-state index contributed by atoms with van der Waals surface area (Å²) in [6, 6.07) is 15.4. The van der Waals surface area contributed by atoms with Crippen LogP contribution in [0.1, 0.15) is 16.8 Å². The quantitative estimate of drug-likeness (QED) is 0.381. The summed E-state index contributed by atoms with van der Waals surface area (Å²) >= 11 is 6.19. The number of anilines is 1. The van der Waals surface area contributed by atoms with Gasteiger partial charge >= 0.3 is 0 Å². The van der Waals surface area contributed by atoms with Crippen molar-refractivity contribution in [3.8, 4) is 11.5 Å². The molecule has 8 nitrogen and oxygen atoms in total. The van der Waals surface area contributed by atoms with Crippen molar-refractivity contribution in [1.29, 1.82) is 0 Å². The van der Waals surface area contributed by atoms with E-state index in [4.69, 9.17) is 26.1 Å². The Kier molecular flexibility index (Phi) is 6.21. The van der Waals surface area contributed by atoms with Gasteiger partial charge < -0.3 is 19.3 Å². The molecule has 0 saturated heterocycles. The first kappa shape index (κ1) is 23.0. The van der Waals surface area contributed by atoms with Crippen LogP contribution in [-0.2, 0) is 24.4 Å². The molecule has 5 rings (SSSR count). The monoisotopic (exact) mass is 491 g/mol. The van der Waals surface area contributed by atoms with Crippen molar-refractivity contribution in [3.63, 3.8) is 0 Å². The van der Waals surface area contributed by atoms with E-state index in [1.54, 1.807) is 4.68 Å². The summed E-state index contributed by atoms with van der Waals surface area (Å²) in [5.74, 6) is 2.15. The third kappa shape index (κ3) is 5.02. The predicted molar refractivity (Wildman–Crippen MR) is 135 cm³/mol. The summed E-state index contributed by atoms with van der Waals surface area (Å²) in [6.07, 6.45) is 1.82. The van der Waals surface area contributed by atoms with Crippen molar-refractivity contribution < 1.29 is 14.3 Å². The molecule has 1 aliphatic heterocycles. The lowest BCUT2D eigenvalue weighted by Crippen LogP contribution is -2.34. The molecular weight excluding hydrogens is 466 g/mol. The summed E-state index contributed by atoms with van der Waals surface area (Å²) in [5, 5.41) is 5.99. The number of hydrogen-bond donors (Lipinski definition) is 0. The fourth-order valence-electron chi connectivity index (χ4n) is 4.16. The zero-order chi connectivity index (χ0) is 24.5. The minimum atomic E-state index is -0.0494. The van der Waals surface area contributed by atoms with Gasteiger partial charge in [0, 0.05) is 49.4 Å². The molecule has 0 aliphatic carbocycles. The highest BCUT2D eigenvalue weighted by molar-refractivity contribution is 6.31. The summed E-state index contributed by atoms with van der Waals surface area (Å²) in [5.41, 5.74) is 3.57. The topological polar surface area (TPSA) is 72.7 Å². The number of hydrogen-bond acceptors (Lipinski definition) is 6. The van der Waals surface area contributed by atoms with Crippen LogP contribution in [0.5, 0.6) is 11.5 Å². The van der Waals surface area contributed by atoms with E-state index in [9.17, 15) is 4.79 Å². The predicted octanol–water partition coefficient (Wildman–Crippen LogP) is 4.42. The maximum Gasteiger partial charge on any atom is 0.244 e. The Morgan fingerprint density at radius 3 is 2.66 bits per heavy atom. The number of aromatic nitrogens is 3. The summed E-state index contributed by atoms with van der Waals surface area (Å²) in [4.78, 5) is 22.1. The first-order valence-corrected chi connectivity index (χ1v) is 11.7. The number of ether oxygens (including phenoxy) is 2. The van der Waals surface area contributed by atoms with Gasteiger partial charge in [-0.1, -0.05) is 23.7 Å². The fourth-order valence-corrected chi connectivity index (χ4v) is 4.33. The Morgan fingerprint density at radius 2 is 1.89 bits per heavy atom. The minimum Gasteiger partial charge on any atom is -0.454 e. The van der Waals surface area contributed by atoms with E-state index in [1.165, 1.54) is 0 Å². The number of fused-ring (bicyclic) bond motifs is 2. The molecule has 0 fully saturated rings. The average molecular weight is 492 g/mol. The zero-order valence-corrected chi connectivity index (χ0v) is 20.6. The lowest BCUT2D eigenvalue weighted by Gasteiger charge is -2.26. The Bertz CT molecular complexity index is 1400. The van der Waals surface area contributed by atoms with E-state index in [0.29, 0.717) is 29.6 Å². The highest BCUT2D eigenvalue weighted by atomic mass is 35.5. The lowest BCUT2D eigenvalue weighted by atomic mass is 10.1. The van der Waals surface area contributed by atoms with Gasteiger partial charge in [-0.2, -0.15) is 5.10 Å². The van der Waals surface area contributed by atoms with Gasteiger partial charge in [-0.25, -0.2) is 4.98 Å². The normalized spacial score (nSPS) is 12.2. The van der Waals surface area contributed by atoms with Crippen LogP contribution in [0.25, 0.3) is 10.9 Å². The molecule has 1 aliphatic rings. The molecule has 0 saturated carbocycles. The third-order valence-corrected chi connectivity index (χ3v) is 6.09. The number of aryl methyl sites for hydroxylation is 1. The van der Waals surface area contributed by atoms with Crippen molar-refractivity contribution in [3.05, 3.63) is 76.6 Å². The highest BCUT2D eigenvalue weighted by Crippen LogP contribution is 2.33. The highest BCUT2D eigenvalue weighted by Gasteiger charge is 2.21. The SMILES string of the molecule is Cc1ccn(CC(=O)N(Cc2ccc3c(c2)OCO3)Cc2cc3ccc(Cl)cc3nc2N(C)C)n1. The van der Waals surface area contributed by atoms with Gasteiger partial charge in [-0.15, -0.1) is 0 Å². The van der Waals surface area contributed by atoms with Crippen LogP contribution in [0, 0.1) is 6.92 Å². The largest absolute Gasteiger partial charge is 0.454 e. The molecule has 1 amide bonds. The molecular formula is C26H26ClN5O3. The van der Waals surface area contributed by atoms with Crippen LogP contribution in [0.3, 0.4) is 0 Å². The molecule has 0 bridgehead atoms. The molecule has 0 unspecified atom stereocenters. The Morgan fingerprint density at radius 1 is 1.06 bits per heavy atom. The molecule has 180 valence electrons. The smallest absolute Gasteiger partial charge is 0.244 e. The molecule has 0 N–H and O–H groups in total. The number of carbonyl (C=O) groups is 1. The lowest BCUT2D eigenvalue weighted by molar-refractivity contribution is -0.133. The second kappa shape index (κ2) is 9.46. The number of nitrogens with zero attached hydrogens (tertiary/aromatic N) is 5. The van der Waals surface area contributed by atoms with Gasteiger partial charge in [0.2, 0.25) is 12.7 Å². The van der Waals surface area contributed by atoms with E-state index in [2.05, 4.69) is 11.2 Å². The van der Waals surface area contributed by atoms with Gasteiger partial charge in [-0.05, 0) is 48.9 Å². The maximum atomic E-state index is 13.5. The van der Waals surface area contributed by atoms with E-state index in [-0.39, 0.29) is 19.2 Å². The van der Waals surface area contributed by atoms with Crippen LogP contribution >= 0.6 is 11.6 Å². The first-order chi connectivity index (χ1) is 16.9. The second-order valence-electron chi connectivity index (χ2n) is 8.79. The van der Waals surface area contributed by atoms with Crippen molar-refractivity contribution >= 4 is 34.2 Å². The van der Waals surface area contributed by atoms with Crippen LogP contribution in [0.15, 0.2) is 54.7 Å². The fraction of sp³-hybridized carbons (Fsp3) is 0.269. The van der Waals surface area contributed by atoms with Crippen LogP contribution in [0.4, 0.5) is 5.82 Å². The molecule has 0 radical (unpaired) electrons. The number of benzene rings is 2. The van der Waals surface area contributed by atoms with Crippen molar-refractivity contribution in [2.75, 3.05) is 25.8 Å². The standard InChI is InChI=1S/C26H26ClN5O3/c1-17-8-9-32(29-17)15-25(33)31(13-18-4-7-23-24(10-18)35-16-34-23)14-20-11-19-5-6-21(27)12-22(19)28-26(20)30(2)3/h4-12H,13-16H2,1-3H3. The summed E-state index contributed by atoms with van der Waals surface area (Å²) in [7, 11) is 3.89. The molecule has 2 aromatic carbocycles. The van der Waals surface area contributed by atoms with Gasteiger partial charge in [0.1, 0.15) is 12.4 Å². The van der Waals surface area contributed by atoms with Crippen molar-refractivity contribution in [1.82, 2.24) is 19.7 Å². The Balaban J connectivity index is 1.49. The molecule has 35 heavy (non-hydrogen) atoms. The Labute approximate surface area is 208 Å². The first-order valence-electron chi connectivity index (χ1n) is 11.3. The van der Waals surface area contributed by atoms with Gasteiger partial charge in [0.25, 0.3) is 0 Å². The third-order valence-electron chi connectivity index (χ3n) is 5.85. The minimum absolute atomic E-state index is 0.0494. The molecule has 3 heterocycles. The van der Waals surface area contributed by atoms with E-state index in [0.717, 1.165) is 33.5 Å². The number of rotatable bonds is 7. The maximum absolute atomic E-state index is 13.5. The van der Waals surface area contributed by atoms with Gasteiger partial charge in [0.15, 0.2) is 11.5 Å². The Hall–Kier alpha value is -3.78. The molecule has 9 heteroatoms. The summed E-state index contributed by atoms with van der Waals surface area (Å²) < 4.78 is 12.6. The molecule has 0 atom stereocenters. The zero-order valence-electron chi connectivity index (χ0n) is 19.9. The number of pyridine rings is 1. The molecule has 4 aromatic rings.